The molecule has 4 nitrogen and oxygen atoms in total. The van der Waals surface area contributed by atoms with Gasteiger partial charge in [0.05, 0.1) is 6.20 Å². The lowest BCUT2D eigenvalue weighted by Gasteiger charge is -2.31. The molecule has 1 amide bonds. The molecule has 0 N–H and O–H groups in total. The van der Waals surface area contributed by atoms with Gasteiger partial charge in [0, 0.05) is 30.9 Å². The van der Waals surface area contributed by atoms with Gasteiger partial charge in [0.1, 0.15) is 5.69 Å². The molecule has 2 aromatic rings. The van der Waals surface area contributed by atoms with Crippen LogP contribution in [0.5, 0.6) is 0 Å². The van der Waals surface area contributed by atoms with Crippen LogP contribution in [0.2, 0.25) is 0 Å². The summed E-state index contributed by atoms with van der Waals surface area (Å²) in [6.07, 6.45) is 7.86. The van der Waals surface area contributed by atoms with E-state index in [1.807, 2.05) is 11.0 Å². The lowest BCUT2D eigenvalue weighted by atomic mass is 9.87. The average molecular weight is 295 g/mol. The fraction of sp³-hybridized carbons (Fsp3) is 0.389. The zero-order chi connectivity index (χ0) is 15.4. The van der Waals surface area contributed by atoms with Crippen LogP contribution in [0, 0.1) is 0 Å². The largest absolute Gasteiger partial charge is 0.334 e. The van der Waals surface area contributed by atoms with Crippen molar-refractivity contribution in [2.45, 2.75) is 38.1 Å². The molecule has 2 atom stereocenters. The predicted molar refractivity (Wildman–Crippen MR) is 85.6 cm³/mol. The molecule has 114 valence electrons. The summed E-state index contributed by atoms with van der Waals surface area (Å²) in [6, 6.07) is 10.8. The fourth-order valence-electron chi connectivity index (χ4n) is 3.45. The highest BCUT2D eigenvalue weighted by atomic mass is 16.2. The fourth-order valence-corrected chi connectivity index (χ4v) is 3.45. The van der Waals surface area contributed by atoms with Crippen molar-refractivity contribution in [1.82, 2.24) is 14.9 Å². The van der Waals surface area contributed by atoms with Crippen molar-refractivity contribution in [3.8, 4) is 0 Å². The molecule has 1 saturated heterocycles. The van der Waals surface area contributed by atoms with Crippen LogP contribution >= 0.6 is 0 Å². The van der Waals surface area contributed by atoms with Crippen LogP contribution in [-0.2, 0) is 0 Å². The van der Waals surface area contributed by atoms with Gasteiger partial charge in [0.15, 0.2) is 0 Å². The van der Waals surface area contributed by atoms with Crippen molar-refractivity contribution in [3.63, 3.8) is 0 Å². The van der Waals surface area contributed by atoms with Crippen molar-refractivity contribution in [2.75, 3.05) is 6.54 Å². The van der Waals surface area contributed by atoms with E-state index in [4.69, 9.17) is 0 Å². The van der Waals surface area contributed by atoms with Gasteiger partial charge in [-0.05, 0) is 24.8 Å². The Balaban J connectivity index is 1.85. The highest BCUT2D eigenvalue weighted by Crippen LogP contribution is 2.34. The summed E-state index contributed by atoms with van der Waals surface area (Å²) in [6.45, 7) is 3.00. The molecule has 0 aliphatic carbocycles. The summed E-state index contributed by atoms with van der Waals surface area (Å²) in [5.41, 5.74) is 1.76. The lowest BCUT2D eigenvalue weighted by Crippen LogP contribution is -2.39. The van der Waals surface area contributed by atoms with Crippen LogP contribution in [0.15, 0.2) is 48.9 Å². The van der Waals surface area contributed by atoms with E-state index in [0.29, 0.717) is 11.6 Å². The first-order valence-corrected chi connectivity index (χ1v) is 7.93. The van der Waals surface area contributed by atoms with E-state index >= 15 is 0 Å². The van der Waals surface area contributed by atoms with E-state index in [2.05, 4.69) is 41.2 Å². The Morgan fingerprint density at radius 2 is 2.14 bits per heavy atom. The Morgan fingerprint density at radius 1 is 1.32 bits per heavy atom. The summed E-state index contributed by atoms with van der Waals surface area (Å²) in [5, 5.41) is 0. The van der Waals surface area contributed by atoms with Crippen LogP contribution in [0.3, 0.4) is 0 Å². The Labute approximate surface area is 131 Å². The first-order chi connectivity index (χ1) is 10.8. The van der Waals surface area contributed by atoms with E-state index in [1.165, 1.54) is 5.56 Å². The molecular formula is C18H21N3O. The van der Waals surface area contributed by atoms with E-state index < -0.39 is 0 Å². The number of carbonyl (C=O) groups is 1. The molecule has 1 aromatic carbocycles. The SMILES string of the molecule is CC[C@H](c1ccccc1)[C@H]1CCCN1C(=O)c1cnccn1. The molecule has 0 bridgehead atoms. The number of hydrogen-bond acceptors (Lipinski definition) is 3. The number of rotatable bonds is 4. The third-order valence-corrected chi connectivity index (χ3v) is 4.47. The van der Waals surface area contributed by atoms with Crippen LogP contribution < -0.4 is 0 Å². The maximum absolute atomic E-state index is 12.7. The summed E-state index contributed by atoms with van der Waals surface area (Å²) in [7, 11) is 0. The molecule has 1 aliphatic rings. The number of nitrogens with zero attached hydrogens (tertiary/aromatic N) is 3. The highest BCUT2D eigenvalue weighted by molar-refractivity contribution is 5.92. The topological polar surface area (TPSA) is 46.1 Å². The molecule has 22 heavy (non-hydrogen) atoms. The molecular weight excluding hydrogens is 274 g/mol. The molecule has 0 radical (unpaired) electrons. The monoisotopic (exact) mass is 295 g/mol. The maximum atomic E-state index is 12.7. The number of likely N-dealkylation sites (tertiary alicyclic amines) is 1. The highest BCUT2D eigenvalue weighted by Gasteiger charge is 2.35. The molecule has 0 unspecified atom stereocenters. The second-order valence-electron chi connectivity index (χ2n) is 5.72. The van der Waals surface area contributed by atoms with Gasteiger partial charge in [-0.3, -0.25) is 9.78 Å². The van der Waals surface area contributed by atoms with Crippen LogP contribution in [0.1, 0.15) is 48.2 Å². The minimum Gasteiger partial charge on any atom is -0.334 e. The van der Waals surface area contributed by atoms with Crippen molar-refractivity contribution < 1.29 is 4.79 Å². The number of aromatic nitrogens is 2. The van der Waals surface area contributed by atoms with E-state index in [0.717, 1.165) is 25.8 Å². The molecule has 1 aliphatic heterocycles. The molecule has 4 heteroatoms. The van der Waals surface area contributed by atoms with Crippen LogP contribution in [0.4, 0.5) is 0 Å². The van der Waals surface area contributed by atoms with E-state index in [-0.39, 0.29) is 11.9 Å². The lowest BCUT2D eigenvalue weighted by molar-refractivity contribution is 0.0708. The van der Waals surface area contributed by atoms with Gasteiger partial charge in [-0.15, -0.1) is 0 Å². The van der Waals surface area contributed by atoms with E-state index in [1.54, 1.807) is 18.6 Å². The molecule has 1 fully saturated rings. The normalized spacial score (nSPS) is 19.1. The quantitative estimate of drug-likeness (QED) is 0.869. The predicted octanol–water partition coefficient (Wildman–Crippen LogP) is 3.28. The summed E-state index contributed by atoms with van der Waals surface area (Å²) < 4.78 is 0. The van der Waals surface area contributed by atoms with Gasteiger partial charge in [-0.1, -0.05) is 37.3 Å². The van der Waals surface area contributed by atoms with Crippen molar-refractivity contribution in [2.24, 2.45) is 0 Å². The minimum atomic E-state index is 0.00461. The van der Waals surface area contributed by atoms with Gasteiger partial charge in [-0.2, -0.15) is 0 Å². The number of amides is 1. The summed E-state index contributed by atoms with van der Waals surface area (Å²) in [5.74, 6) is 0.384. The molecule has 3 rings (SSSR count). The van der Waals surface area contributed by atoms with Gasteiger partial charge in [0.25, 0.3) is 5.91 Å². The number of benzene rings is 1. The molecule has 0 spiro atoms. The van der Waals surface area contributed by atoms with Gasteiger partial charge in [-0.25, -0.2) is 4.98 Å². The van der Waals surface area contributed by atoms with Crippen molar-refractivity contribution in [3.05, 3.63) is 60.2 Å². The second-order valence-corrected chi connectivity index (χ2v) is 5.72. The maximum Gasteiger partial charge on any atom is 0.274 e. The Hall–Kier alpha value is -2.23. The van der Waals surface area contributed by atoms with E-state index in [9.17, 15) is 4.79 Å². The number of hydrogen-bond donors (Lipinski definition) is 0. The molecule has 2 heterocycles. The summed E-state index contributed by atoms with van der Waals surface area (Å²) >= 11 is 0. The third kappa shape index (κ3) is 2.86. The Morgan fingerprint density at radius 3 is 2.82 bits per heavy atom. The summed E-state index contributed by atoms with van der Waals surface area (Å²) in [4.78, 5) is 22.9. The van der Waals surface area contributed by atoms with Gasteiger partial charge < -0.3 is 4.90 Å². The van der Waals surface area contributed by atoms with Crippen molar-refractivity contribution in [1.29, 1.82) is 0 Å². The standard InChI is InChI=1S/C18H21N3O/c1-2-15(14-7-4-3-5-8-14)17-9-6-12-21(17)18(22)16-13-19-10-11-20-16/h3-5,7-8,10-11,13,15,17H,2,6,9,12H2,1H3/t15-,17-/m1/s1. The van der Waals surface area contributed by atoms with Crippen LogP contribution in [-0.4, -0.2) is 33.4 Å². The Bertz CT molecular complexity index is 615. The van der Waals surface area contributed by atoms with Gasteiger partial charge in [0.2, 0.25) is 0 Å². The first kappa shape index (κ1) is 14.7. The van der Waals surface area contributed by atoms with Crippen LogP contribution in [0.25, 0.3) is 0 Å². The Kier molecular flexibility index (Phi) is 4.47. The zero-order valence-electron chi connectivity index (χ0n) is 12.9. The zero-order valence-corrected chi connectivity index (χ0v) is 12.9. The smallest absolute Gasteiger partial charge is 0.274 e. The molecule has 1 aromatic heterocycles. The first-order valence-electron chi connectivity index (χ1n) is 7.93. The minimum absolute atomic E-state index is 0.00461. The third-order valence-electron chi connectivity index (χ3n) is 4.47. The molecule has 0 saturated carbocycles. The van der Waals surface area contributed by atoms with Crippen molar-refractivity contribution >= 4 is 5.91 Å². The average Bonchev–Trinajstić information content (AvgIpc) is 3.06. The van der Waals surface area contributed by atoms with Gasteiger partial charge >= 0.3 is 0 Å². The second kappa shape index (κ2) is 6.69. The number of carbonyl (C=O) groups excluding carboxylic acids is 1.